The van der Waals surface area contributed by atoms with Gasteiger partial charge in [0.1, 0.15) is 5.69 Å². The van der Waals surface area contributed by atoms with Gasteiger partial charge in [0.2, 0.25) is 0 Å². The summed E-state index contributed by atoms with van der Waals surface area (Å²) in [5, 5.41) is 0. The van der Waals surface area contributed by atoms with Crippen molar-refractivity contribution in [3.05, 3.63) is 57.4 Å². The summed E-state index contributed by atoms with van der Waals surface area (Å²) in [5.74, 6) is 0. The van der Waals surface area contributed by atoms with E-state index in [4.69, 9.17) is 0 Å². The molecule has 1 aromatic heterocycles. The van der Waals surface area contributed by atoms with Gasteiger partial charge in [0.15, 0.2) is 0 Å². The number of rotatable bonds is 3. The predicted octanol–water partition coefficient (Wildman–Crippen LogP) is 1.95. The van der Waals surface area contributed by atoms with Crippen molar-refractivity contribution >= 4 is 31.6 Å². The van der Waals surface area contributed by atoms with Gasteiger partial charge in [-0.1, -0.05) is 18.2 Å². The SMILES string of the molecule is Cn1cc(Br)cc(NS(=O)(=O)c2ccccc2)c1=O. The van der Waals surface area contributed by atoms with Crippen molar-refractivity contribution in [3.63, 3.8) is 0 Å². The summed E-state index contributed by atoms with van der Waals surface area (Å²) in [5.41, 5.74) is -0.413. The largest absolute Gasteiger partial charge is 0.316 e. The first kappa shape index (κ1) is 13.8. The average Bonchev–Trinajstić information content (AvgIpc) is 2.36. The number of nitrogens with one attached hydrogen (secondary N) is 1. The second kappa shape index (κ2) is 5.18. The first-order chi connectivity index (χ1) is 8.90. The molecule has 2 aromatic rings. The van der Waals surface area contributed by atoms with Gasteiger partial charge in [-0.15, -0.1) is 0 Å². The number of nitrogens with zero attached hydrogens (tertiary/aromatic N) is 1. The zero-order valence-corrected chi connectivity index (χ0v) is 12.4. The predicted molar refractivity (Wildman–Crippen MR) is 76.6 cm³/mol. The van der Waals surface area contributed by atoms with E-state index in [1.54, 1.807) is 31.4 Å². The van der Waals surface area contributed by atoms with Crippen molar-refractivity contribution in [2.24, 2.45) is 7.05 Å². The smallest absolute Gasteiger partial charge is 0.274 e. The standard InChI is InChI=1S/C12H11BrN2O3S/c1-15-8-9(13)7-11(12(15)16)14-19(17,18)10-5-3-2-4-6-10/h2-8,14H,1H3. The lowest BCUT2D eigenvalue weighted by atomic mass is 10.4. The molecular formula is C12H11BrN2O3S. The van der Waals surface area contributed by atoms with Gasteiger partial charge in [-0.25, -0.2) is 8.42 Å². The topological polar surface area (TPSA) is 68.2 Å². The third-order valence-corrected chi connectivity index (χ3v) is 4.26. The van der Waals surface area contributed by atoms with Gasteiger partial charge < -0.3 is 4.57 Å². The Labute approximate surface area is 119 Å². The second-order valence-corrected chi connectivity index (χ2v) is 6.50. The van der Waals surface area contributed by atoms with Crippen LogP contribution >= 0.6 is 15.9 Å². The van der Waals surface area contributed by atoms with Crippen LogP contribution in [0.25, 0.3) is 0 Å². The van der Waals surface area contributed by atoms with Gasteiger partial charge >= 0.3 is 0 Å². The van der Waals surface area contributed by atoms with Crippen LogP contribution in [0.2, 0.25) is 0 Å². The number of sulfonamides is 1. The van der Waals surface area contributed by atoms with Gasteiger partial charge in [0, 0.05) is 17.7 Å². The molecule has 0 aliphatic heterocycles. The van der Waals surface area contributed by atoms with Crippen molar-refractivity contribution in [2.75, 3.05) is 4.72 Å². The number of pyridine rings is 1. The molecule has 1 N–H and O–H groups in total. The van der Waals surface area contributed by atoms with Crippen LogP contribution in [0, 0.1) is 0 Å². The van der Waals surface area contributed by atoms with E-state index in [9.17, 15) is 13.2 Å². The Bertz CT molecular complexity index is 754. The van der Waals surface area contributed by atoms with Crippen molar-refractivity contribution in [3.8, 4) is 0 Å². The van der Waals surface area contributed by atoms with E-state index in [2.05, 4.69) is 20.7 Å². The first-order valence-electron chi connectivity index (χ1n) is 5.34. The van der Waals surface area contributed by atoms with Crippen LogP contribution < -0.4 is 10.3 Å². The Kier molecular flexibility index (Phi) is 3.77. The summed E-state index contributed by atoms with van der Waals surface area (Å²) in [6.07, 6.45) is 1.56. The summed E-state index contributed by atoms with van der Waals surface area (Å²) >= 11 is 3.22. The highest BCUT2D eigenvalue weighted by Gasteiger charge is 2.16. The van der Waals surface area contributed by atoms with Crippen LogP contribution in [0.15, 0.2) is 56.8 Å². The zero-order chi connectivity index (χ0) is 14.0. The Morgan fingerprint density at radius 1 is 1.21 bits per heavy atom. The summed E-state index contributed by atoms with van der Waals surface area (Å²) < 4.78 is 28.4. The normalized spacial score (nSPS) is 11.3. The molecule has 0 aliphatic carbocycles. The number of aryl methyl sites for hydroxylation is 1. The van der Waals surface area contributed by atoms with Crippen LogP contribution in [0.5, 0.6) is 0 Å². The molecule has 0 atom stereocenters. The molecule has 19 heavy (non-hydrogen) atoms. The Morgan fingerprint density at radius 2 is 1.84 bits per heavy atom. The van der Waals surface area contributed by atoms with Crippen molar-refractivity contribution in [1.29, 1.82) is 0 Å². The monoisotopic (exact) mass is 342 g/mol. The zero-order valence-electron chi connectivity index (χ0n) is 10.00. The minimum atomic E-state index is -3.75. The average molecular weight is 343 g/mol. The molecule has 0 saturated carbocycles. The molecule has 0 spiro atoms. The molecular weight excluding hydrogens is 332 g/mol. The highest BCUT2D eigenvalue weighted by molar-refractivity contribution is 9.10. The van der Waals surface area contributed by atoms with Gasteiger partial charge in [0.05, 0.1) is 4.90 Å². The second-order valence-electron chi connectivity index (χ2n) is 3.91. The molecule has 0 aliphatic rings. The van der Waals surface area contributed by atoms with Gasteiger partial charge in [-0.2, -0.15) is 0 Å². The fourth-order valence-corrected chi connectivity index (χ4v) is 3.15. The lowest BCUT2D eigenvalue weighted by Gasteiger charge is -2.09. The molecule has 0 unspecified atom stereocenters. The third kappa shape index (κ3) is 3.05. The van der Waals surface area contributed by atoms with Gasteiger partial charge in [-0.3, -0.25) is 9.52 Å². The molecule has 100 valence electrons. The van der Waals surface area contributed by atoms with Crippen LogP contribution in [0.3, 0.4) is 0 Å². The van der Waals surface area contributed by atoms with E-state index in [1.165, 1.54) is 22.8 Å². The summed E-state index contributed by atoms with van der Waals surface area (Å²) in [6, 6.07) is 9.32. The van der Waals surface area contributed by atoms with E-state index in [1.807, 2.05) is 0 Å². The quantitative estimate of drug-likeness (QED) is 0.926. The van der Waals surface area contributed by atoms with E-state index >= 15 is 0 Å². The molecule has 7 heteroatoms. The summed E-state index contributed by atoms with van der Waals surface area (Å²) in [6.45, 7) is 0. The van der Waals surface area contributed by atoms with Crippen LogP contribution in [-0.2, 0) is 17.1 Å². The maximum atomic E-state index is 12.1. The van der Waals surface area contributed by atoms with E-state index in [-0.39, 0.29) is 10.6 Å². The van der Waals surface area contributed by atoms with Crippen molar-refractivity contribution < 1.29 is 8.42 Å². The Balaban J connectivity index is 2.45. The summed E-state index contributed by atoms with van der Waals surface area (Å²) in [4.78, 5) is 12.0. The maximum Gasteiger partial charge on any atom is 0.274 e. The van der Waals surface area contributed by atoms with Crippen molar-refractivity contribution in [2.45, 2.75) is 4.90 Å². The Morgan fingerprint density at radius 3 is 2.47 bits per heavy atom. The molecule has 0 radical (unpaired) electrons. The number of anilines is 1. The van der Waals surface area contributed by atoms with E-state index in [0.717, 1.165) is 0 Å². The Hall–Kier alpha value is -1.60. The number of halogens is 1. The molecule has 0 bridgehead atoms. The van der Waals surface area contributed by atoms with E-state index < -0.39 is 15.6 Å². The van der Waals surface area contributed by atoms with Gasteiger partial charge in [0.25, 0.3) is 15.6 Å². The number of hydrogen-bond donors (Lipinski definition) is 1. The van der Waals surface area contributed by atoms with Crippen LogP contribution in [0.1, 0.15) is 0 Å². The highest BCUT2D eigenvalue weighted by Crippen LogP contribution is 2.16. The van der Waals surface area contributed by atoms with Crippen LogP contribution in [0.4, 0.5) is 5.69 Å². The van der Waals surface area contributed by atoms with E-state index in [0.29, 0.717) is 4.47 Å². The van der Waals surface area contributed by atoms with Crippen molar-refractivity contribution in [1.82, 2.24) is 4.57 Å². The van der Waals surface area contributed by atoms with Gasteiger partial charge in [-0.05, 0) is 34.1 Å². The fourth-order valence-electron chi connectivity index (χ4n) is 1.55. The lowest BCUT2D eigenvalue weighted by Crippen LogP contribution is -2.24. The maximum absolute atomic E-state index is 12.1. The fraction of sp³-hybridized carbons (Fsp3) is 0.0833. The van der Waals surface area contributed by atoms with Crippen LogP contribution in [-0.4, -0.2) is 13.0 Å². The molecule has 2 rings (SSSR count). The third-order valence-electron chi connectivity index (χ3n) is 2.45. The number of benzene rings is 1. The summed E-state index contributed by atoms with van der Waals surface area (Å²) in [7, 11) is -2.20. The molecule has 0 amide bonds. The molecule has 1 heterocycles. The highest BCUT2D eigenvalue weighted by atomic mass is 79.9. The molecule has 0 saturated heterocycles. The first-order valence-corrected chi connectivity index (χ1v) is 7.62. The molecule has 1 aromatic carbocycles. The molecule has 5 nitrogen and oxygen atoms in total. The lowest BCUT2D eigenvalue weighted by molar-refractivity contribution is 0.601. The number of hydrogen-bond acceptors (Lipinski definition) is 3. The minimum Gasteiger partial charge on any atom is -0.316 e. The number of aromatic nitrogens is 1. The minimum absolute atomic E-state index is 0.000674. The molecule has 0 fully saturated rings.